The molecule has 5 heteroatoms. The topological polar surface area (TPSA) is 69.6 Å². The van der Waals surface area contributed by atoms with Gasteiger partial charge in [0.15, 0.2) is 0 Å². The smallest absolute Gasteiger partial charge is 0.317 e. The van der Waals surface area contributed by atoms with E-state index in [1.54, 1.807) is 0 Å². The zero-order chi connectivity index (χ0) is 14.4. The fourth-order valence-electron chi connectivity index (χ4n) is 2.58. The number of carbonyl (C=O) groups excluding carboxylic acids is 1. The number of hydrogen-bond acceptors (Lipinski definition) is 2. The zero-order valence-corrected chi connectivity index (χ0v) is 12.2. The first-order chi connectivity index (χ1) is 8.95. The first kappa shape index (κ1) is 15.8. The van der Waals surface area contributed by atoms with Gasteiger partial charge in [-0.2, -0.15) is 0 Å². The van der Waals surface area contributed by atoms with Crippen LogP contribution in [0, 0.1) is 5.92 Å². The Balaban J connectivity index is 2.61. The monoisotopic (exact) mass is 270 g/mol. The van der Waals surface area contributed by atoms with E-state index < -0.39 is 5.97 Å². The van der Waals surface area contributed by atoms with E-state index in [1.165, 1.54) is 6.42 Å². The molecule has 0 aromatic heterocycles. The highest BCUT2D eigenvalue weighted by Crippen LogP contribution is 2.20. The highest BCUT2D eigenvalue weighted by atomic mass is 16.4. The van der Waals surface area contributed by atoms with Crippen LogP contribution < -0.4 is 5.32 Å². The molecule has 2 atom stereocenters. The Morgan fingerprint density at radius 2 is 2.05 bits per heavy atom. The van der Waals surface area contributed by atoms with Crippen LogP contribution in [0.2, 0.25) is 0 Å². The van der Waals surface area contributed by atoms with E-state index in [0.29, 0.717) is 6.04 Å². The Labute approximate surface area is 115 Å². The average Bonchev–Trinajstić information content (AvgIpc) is 2.37. The van der Waals surface area contributed by atoms with Crippen molar-refractivity contribution in [3.05, 3.63) is 0 Å². The minimum atomic E-state index is -0.871. The van der Waals surface area contributed by atoms with Crippen molar-refractivity contribution < 1.29 is 14.7 Å². The lowest BCUT2D eigenvalue weighted by Crippen LogP contribution is -2.52. The Hall–Kier alpha value is -1.26. The Morgan fingerprint density at radius 3 is 2.58 bits per heavy atom. The molecular weight excluding hydrogens is 244 g/mol. The fourth-order valence-corrected chi connectivity index (χ4v) is 2.58. The van der Waals surface area contributed by atoms with Crippen LogP contribution in [0.15, 0.2) is 0 Å². The van der Waals surface area contributed by atoms with Gasteiger partial charge in [-0.1, -0.05) is 20.8 Å². The summed E-state index contributed by atoms with van der Waals surface area (Å²) in [6.45, 7) is 6.73. The van der Waals surface area contributed by atoms with E-state index in [-0.39, 0.29) is 24.4 Å². The van der Waals surface area contributed by atoms with Crippen LogP contribution in [0.3, 0.4) is 0 Å². The third-order valence-corrected chi connectivity index (χ3v) is 3.87. The summed E-state index contributed by atoms with van der Waals surface area (Å²) < 4.78 is 0. The van der Waals surface area contributed by atoms with Gasteiger partial charge in [-0.25, -0.2) is 4.79 Å². The molecule has 0 radical (unpaired) electrons. The predicted molar refractivity (Wildman–Crippen MR) is 74.0 cm³/mol. The van der Waals surface area contributed by atoms with Crippen LogP contribution in [0.5, 0.6) is 0 Å². The number of carboxylic acids is 1. The highest BCUT2D eigenvalue weighted by molar-refractivity contribution is 5.76. The number of carboxylic acid groups (broad SMARTS) is 1. The fraction of sp³-hybridized carbons (Fsp3) is 0.857. The van der Waals surface area contributed by atoms with Crippen molar-refractivity contribution in [2.24, 2.45) is 5.92 Å². The molecular formula is C14H26N2O3. The quantitative estimate of drug-likeness (QED) is 0.806. The number of likely N-dealkylation sites (tertiary alicyclic amines) is 1. The van der Waals surface area contributed by atoms with Gasteiger partial charge in [0, 0.05) is 18.6 Å². The van der Waals surface area contributed by atoms with Gasteiger partial charge in [-0.15, -0.1) is 0 Å². The lowest BCUT2D eigenvalue weighted by Gasteiger charge is -2.36. The van der Waals surface area contributed by atoms with Crippen LogP contribution in [0.25, 0.3) is 0 Å². The zero-order valence-electron chi connectivity index (χ0n) is 12.2. The minimum Gasteiger partial charge on any atom is -0.481 e. The maximum Gasteiger partial charge on any atom is 0.317 e. The number of nitrogens with one attached hydrogen (secondary N) is 1. The number of hydrogen-bond donors (Lipinski definition) is 2. The molecule has 19 heavy (non-hydrogen) atoms. The third-order valence-electron chi connectivity index (χ3n) is 3.87. The Kier molecular flexibility index (Phi) is 6.12. The molecule has 1 aliphatic heterocycles. The largest absolute Gasteiger partial charge is 0.481 e. The van der Waals surface area contributed by atoms with E-state index >= 15 is 0 Å². The molecule has 1 saturated heterocycles. The highest BCUT2D eigenvalue weighted by Gasteiger charge is 2.28. The van der Waals surface area contributed by atoms with Crippen molar-refractivity contribution in [2.45, 2.75) is 65.0 Å². The Morgan fingerprint density at radius 1 is 1.37 bits per heavy atom. The summed E-state index contributed by atoms with van der Waals surface area (Å²) in [5, 5.41) is 11.8. The van der Waals surface area contributed by atoms with Crippen molar-refractivity contribution in [3.63, 3.8) is 0 Å². The summed E-state index contributed by atoms with van der Waals surface area (Å²) in [6, 6.07) is -0.109. The first-order valence-corrected chi connectivity index (χ1v) is 7.24. The molecule has 0 spiro atoms. The number of nitrogens with zero attached hydrogens (tertiary/aromatic N) is 1. The van der Waals surface area contributed by atoms with Gasteiger partial charge < -0.3 is 15.3 Å². The lowest BCUT2D eigenvalue weighted by molar-refractivity contribution is -0.137. The molecule has 0 saturated carbocycles. The van der Waals surface area contributed by atoms with E-state index in [2.05, 4.69) is 12.2 Å². The Bertz CT molecular complexity index is 318. The average molecular weight is 270 g/mol. The van der Waals surface area contributed by atoms with Crippen LogP contribution in [-0.2, 0) is 4.79 Å². The number of carbonyl (C=O) groups is 2. The predicted octanol–water partition coefficient (Wildman–Crippen LogP) is 2.46. The molecule has 1 heterocycles. The van der Waals surface area contributed by atoms with Crippen molar-refractivity contribution in [1.29, 1.82) is 0 Å². The van der Waals surface area contributed by atoms with Gasteiger partial charge in [0.25, 0.3) is 0 Å². The number of aliphatic carboxylic acids is 1. The standard InChI is InChI=1S/C14H26N2O3/c1-4-11-7-5-6-8-16(11)14(19)15-12(10(2)3)9-13(17)18/h10-12H,4-9H2,1-3H3,(H,15,19)(H,17,18). The lowest BCUT2D eigenvalue weighted by atomic mass is 9.99. The van der Waals surface area contributed by atoms with E-state index in [9.17, 15) is 9.59 Å². The number of piperidine rings is 1. The van der Waals surface area contributed by atoms with E-state index in [4.69, 9.17) is 5.11 Å². The third kappa shape index (κ3) is 4.73. The number of rotatable bonds is 5. The maximum atomic E-state index is 12.3. The van der Waals surface area contributed by atoms with E-state index in [1.807, 2.05) is 18.7 Å². The van der Waals surface area contributed by atoms with Crippen LogP contribution in [0.4, 0.5) is 4.79 Å². The van der Waals surface area contributed by atoms with Crippen molar-refractivity contribution in [3.8, 4) is 0 Å². The van der Waals surface area contributed by atoms with Crippen molar-refractivity contribution >= 4 is 12.0 Å². The molecule has 110 valence electrons. The summed E-state index contributed by atoms with van der Waals surface area (Å²) in [5.74, 6) is -0.755. The van der Waals surface area contributed by atoms with Crippen LogP contribution >= 0.6 is 0 Å². The van der Waals surface area contributed by atoms with E-state index in [0.717, 1.165) is 25.8 Å². The molecule has 5 nitrogen and oxygen atoms in total. The maximum absolute atomic E-state index is 12.3. The second-order valence-electron chi connectivity index (χ2n) is 5.65. The molecule has 2 unspecified atom stereocenters. The van der Waals surface area contributed by atoms with Crippen LogP contribution in [-0.4, -0.2) is 40.6 Å². The number of amides is 2. The van der Waals surface area contributed by atoms with Gasteiger partial charge in [0.05, 0.1) is 6.42 Å². The summed E-state index contributed by atoms with van der Waals surface area (Å²) in [5.41, 5.74) is 0. The summed E-state index contributed by atoms with van der Waals surface area (Å²) in [4.78, 5) is 25.0. The van der Waals surface area contributed by atoms with Crippen molar-refractivity contribution in [2.75, 3.05) is 6.54 Å². The molecule has 0 bridgehead atoms. The van der Waals surface area contributed by atoms with Gasteiger partial charge in [0.2, 0.25) is 0 Å². The summed E-state index contributed by atoms with van der Waals surface area (Å²) in [6.07, 6.45) is 4.20. The molecule has 2 amide bonds. The number of urea groups is 1. The summed E-state index contributed by atoms with van der Waals surface area (Å²) >= 11 is 0. The minimum absolute atomic E-state index is 0.0198. The normalized spacial score (nSPS) is 21.3. The molecule has 1 aliphatic rings. The van der Waals surface area contributed by atoms with Gasteiger partial charge >= 0.3 is 12.0 Å². The van der Waals surface area contributed by atoms with Crippen LogP contribution in [0.1, 0.15) is 52.9 Å². The molecule has 1 rings (SSSR count). The van der Waals surface area contributed by atoms with Crippen molar-refractivity contribution in [1.82, 2.24) is 10.2 Å². The molecule has 1 fully saturated rings. The molecule has 2 N–H and O–H groups in total. The first-order valence-electron chi connectivity index (χ1n) is 7.24. The SMILES string of the molecule is CCC1CCCCN1C(=O)NC(CC(=O)O)C(C)C. The second kappa shape index (κ2) is 7.36. The molecule has 0 aromatic carbocycles. The molecule has 0 aromatic rings. The van der Waals surface area contributed by atoms with Gasteiger partial charge in [0.1, 0.15) is 0 Å². The second-order valence-corrected chi connectivity index (χ2v) is 5.65. The molecule has 0 aliphatic carbocycles. The van der Waals surface area contributed by atoms with Gasteiger partial charge in [-0.05, 0) is 31.6 Å². The van der Waals surface area contributed by atoms with Gasteiger partial charge in [-0.3, -0.25) is 4.79 Å². The summed E-state index contributed by atoms with van der Waals surface area (Å²) in [7, 11) is 0.